The molecule has 0 aliphatic heterocycles. The van der Waals surface area contributed by atoms with Crippen LogP contribution in [0.5, 0.6) is 0 Å². The quantitative estimate of drug-likeness (QED) is 0.669. The predicted molar refractivity (Wildman–Crippen MR) is 56.9 cm³/mol. The van der Waals surface area contributed by atoms with Crippen molar-refractivity contribution in [3.8, 4) is 0 Å². The molecular formula is C10H11NO2S. The minimum Gasteiger partial charge on any atom is -0.407 e. The van der Waals surface area contributed by atoms with Crippen molar-refractivity contribution in [3.63, 3.8) is 0 Å². The fourth-order valence-electron chi connectivity index (χ4n) is 1.32. The molecule has 0 radical (unpaired) electrons. The summed E-state index contributed by atoms with van der Waals surface area (Å²) in [4.78, 5) is 15.1. The van der Waals surface area contributed by atoms with Gasteiger partial charge in [-0.15, -0.1) is 11.3 Å². The Kier molecular flexibility index (Phi) is 1.96. The molecule has 2 heterocycles. The number of hydrogen-bond donors (Lipinski definition) is 0. The van der Waals surface area contributed by atoms with Gasteiger partial charge in [-0.05, 0) is 11.4 Å². The normalized spacial score (nSPS) is 12.2. The largest absolute Gasteiger partial charge is 0.439 e. The highest BCUT2D eigenvalue weighted by Gasteiger charge is 2.21. The summed E-state index contributed by atoms with van der Waals surface area (Å²) >= 11 is 1.55. The summed E-state index contributed by atoms with van der Waals surface area (Å²) in [6.07, 6.45) is 0. The zero-order chi connectivity index (χ0) is 10.3. The van der Waals surface area contributed by atoms with Crippen LogP contribution in [0, 0.1) is 0 Å². The molecular weight excluding hydrogens is 198 g/mol. The minimum atomic E-state index is -0.513. The van der Waals surface area contributed by atoms with Gasteiger partial charge in [0.1, 0.15) is 0 Å². The van der Waals surface area contributed by atoms with Gasteiger partial charge in [0.05, 0.1) is 10.4 Å². The molecule has 2 aromatic rings. The van der Waals surface area contributed by atoms with Gasteiger partial charge >= 0.3 is 5.76 Å². The van der Waals surface area contributed by atoms with Gasteiger partial charge in [-0.3, -0.25) is 0 Å². The predicted octanol–water partition coefficient (Wildman–Crippen LogP) is 2.55. The first-order valence-corrected chi connectivity index (χ1v) is 5.25. The maximum atomic E-state index is 11.2. The Labute approximate surface area is 85.4 Å². The molecule has 14 heavy (non-hydrogen) atoms. The first kappa shape index (κ1) is 9.40. The van der Waals surface area contributed by atoms with Crippen LogP contribution in [0.3, 0.4) is 0 Å². The Morgan fingerprint density at radius 1 is 1.43 bits per heavy atom. The van der Waals surface area contributed by atoms with Crippen LogP contribution in [0.2, 0.25) is 0 Å². The Balaban J connectivity index is 2.87. The highest BCUT2D eigenvalue weighted by molar-refractivity contribution is 7.17. The summed E-state index contributed by atoms with van der Waals surface area (Å²) in [5, 5.41) is 1.91. The first-order chi connectivity index (χ1) is 6.48. The first-order valence-electron chi connectivity index (χ1n) is 4.37. The molecule has 0 spiro atoms. The Hall–Kier alpha value is -1.16. The number of hydrogen-bond acceptors (Lipinski definition) is 4. The van der Waals surface area contributed by atoms with Crippen LogP contribution in [0.1, 0.15) is 26.5 Å². The molecule has 2 aromatic heterocycles. The molecule has 0 aromatic carbocycles. The lowest BCUT2D eigenvalue weighted by atomic mass is 9.92. The van der Waals surface area contributed by atoms with Gasteiger partial charge in [0, 0.05) is 5.41 Å². The van der Waals surface area contributed by atoms with Crippen molar-refractivity contribution < 1.29 is 4.42 Å². The third-order valence-corrected chi connectivity index (χ3v) is 2.86. The SMILES string of the molecule is CC(C)(C)c1nc(=O)oc2ccsc12. The third-order valence-electron chi connectivity index (χ3n) is 1.95. The van der Waals surface area contributed by atoms with Crippen LogP contribution in [0.25, 0.3) is 10.3 Å². The van der Waals surface area contributed by atoms with E-state index in [1.54, 1.807) is 17.4 Å². The maximum absolute atomic E-state index is 11.2. The van der Waals surface area contributed by atoms with E-state index in [1.165, 1.54) is 0 Å². The second kappa shape index (κ2) is 2.92. The van der Waals surface area contributed by atoms with Crippen LogP contribution >= 0.6 is 11.3 Å². The molecule has 0 N–H and O–H groups in total. The molecule has 3 nitrogen and oxygen atoms in total. The fraction of sp³-hybridized carbons (Fsp3) is 0.400. The molecule has 0 amide bonds. The van der Waals surface area contributed by atoms with Crippen molar-refractivity contribution in [3.05, 3.63) is 27.7 Å². The van der Waals surface area contributed by atoms with Crippen LogP contribution in [-0.2, 0) is 5.41 Å². The molecule has 4 heteroatoms. The van der Waals surface area contributed by atoms with Gasteiger partial charge in [0.2, 0.25) is 0 Å². The van der Waals surface area contributed by atoms with Crippen molar-refractivity contribution in [2.45, 2.75) is 26.2 Å². The lowest BCUT2D eigenvalue weighted by Gasteiger charge is -2.16. The standard InChI is InChI=1S/C10H11NO2S/c1-10(2,3)8-7-6(4-5-14-7)13-9(12)11-8/h4-5H,1-3H3. The van der Waals surface area contributed by atoms with Crippen LogP contribution in [0.4, 0.5) is 0 Å². The smallest absolute Gasteiger partial charge is 0.407 e. The van der Waals surface area contributed by atoms with Crippen molar-refractivity contribution in [1.82, 2.24) is 4.98 Å². The third kappa shape index (κ3) is 1.46. The van der Waals surface area contributed by atoms with Gasteiger partial charge in [-0.1, -0.05) is 20.8 Å². The highest BCUT2D eigenvalue weighted by atomic mass is 32.1. The molecule has 0 saturated heterocycles. The zero-order valence-electron chi connectivity index (χ0n) is 8.33. The summed E-state index contributed by atoms with van der Waals surface area (Å²) in [6, 6.07) is 1.80. The summed E-state index contributed by atoms with van der Waals surface area (Å²) < 4.78 is 5.95. The Morgan fingerprint density at radius 2 is 2.14 bits per heavy atom. The molecule has 74 valence electrons. The Morgan fingerprint density at radius 3 is 2.79 bits per heavy atom. The number of aromatic nitrogens is 1. The lowest BCUT2D eigenvalue weighted by Crippen LogP contribution is -2.18. The van der Waals surface area contributed by atoms with E-state index in [1.807, 2.05) is 26.2 Å². The number of fused-ring (bicyclic) bond motifs is 1. The van der Waals surface area contributed by atoms with E-state index in [2.05, 4.69) is 4.98 Å². The summed E-state index contributed by atoms with van der Waals surface area (Å²) in [5.74, 6) is -0.513. The second-order valence-electron chi connectivity index (χ2n) is 4.19. The average molecular weight is 209 g/mol. The molecule has 0 unspecified atom stereocenters. The van der Waals surface area contributed by atoms with Crippen molar-refractivity contribution in [1.29, 1.82) is 0 Å². The molecule has 0 fully saturated rings. The van der Waals surface area contributed by atoms with Gasteiger partial charge in [0.25, 0.3) is 0 Å². The van der Waals surface area contributed by atoms with Crippen molar-refractivity contribution in [2.24, 2.45) is 0 Å². The minimum absolute atomic E-state index is 0.126. The summed E-state index contributed by atoms with van der Waals surface area (Å²) in [7, 11) is 0. The van der Waals surface area contributed by atoms with Crippen LogP contribution in [-0.4, -0.2) is 4.98 Å². The van der Waals surface area contributed by atoms with E-state index in [4.69, 9.17) is 4.42 Å². The fourth-order valence-corrected chi connectivity index (χ4v) is 2.33. The Bertz CT molecular complexity index is 519. The second-order valence-corrected chi connectivity index (χ2v) is 5.11. The van der Waals surface area contributed by atoms with Gasteiger partial charge in [-0.25, -0.2) is 4.79 Å². The van der Waals surface area contributed by atoms with Gasteiger partial charge in [-0.2, -0.15) is 4.98 Å². The van der Waals surface area contributed by atoms with E-state index >= 15 is 0 Å². The maximum Gasteiger partial charge on any atom is 0.439 e. The molecule has 0 aliphatic rings. The van der Waals surface area contributed by atoms with Crippen molar-refractivity contribution >= 4 is 21.6 Å². The molecule has 0 aliphatic carbocycles. The summed E-state index contributed by atoms with van der Waals surface area (Å²) in [6.45, 7) is 6.11. The number of nitrogens with zero attached hydrogens (tertiary/aromatic N) is 1. The topological polar surface area (TPSA) is 43.1 Å². The zero-order valence-corrected chi connectivity index (χ0v) is 9.14. The van der Waals surface area contributed by atoms with Crippen molar-refractivity contribution in [2.75, 3.05) is 0 Å². The molecule has 0 saturated carbocycles. The molecule has 0 bridgehead atoms. The molecule has 2 rings (SSSR count). The van der Waals surface area contributed by atoms with E-state index in [-0.39, 0.29) is 5.41 Å². The van der Waals surface area contributed by atoms with E-state index in [9.17, 15) is 4.79 Å². The van der Waals surface area contributed by atoms with E-state index in [0.717, 1.165) is 10.4 Å². The van der Waals surface area contributed by atoms with Crippen LogP contribution in [0.15, 0.2) is 20.7 Å². The monoisotopic (exact) mass is 209 g/mol. The van der Waals surface area contributed by atoms with Gasteiger partial charge < -0.3 is 4.42 Å². The number of rotatable bonds is 0. The van der Waals surface area contributed by atoms with E-state index < -0.39 is 5.76 Å². The van der Waals surface area contributed by atoms with Gasteiger partial charge in [0.15, 0.2) is 5.58 Å². The lowest BCUT2D eigenvalue weighted by molar-refractivity contribution is 0.500. The average Bonchev–Trinajstić information content (AvgIpc) is 2.47. The molecule has 0 atom stereocenters. The van der Waals surface area contributed by atoms with E-state index in [0.29, 0.717) is 5.58 Å². The van der Waals surface area contributed by atoms with Crippen LogP contribution < -0.4 is 5.76 Å². The summed E-state index contributed by atoms with van der Waals surface area (Å²) in [5.41, 5.74) is 1.33. The highest BCUT2D eigenvalue weighted by Crippen LogP contribution is 2.30. The number of thiophene rings is 1.